The topological polar surface area (TPSA) is 38.3 Å². The molecule has 0 amide bonds. The largest absolute Gasteiger partial charge is 0.484 e. The van der Waals surface area contributed by atoms with E-state index in [9.17, 15) is 4.79 Å². The Morgan fingerprint density at radius 2 is 1.52 bits per heavy atom. The summed E-state index contributed by atoms with van der Waals surface area (Å²) in [7, 11) is 1.97. The summed E-state index contributed by atoms with van der Waals surface area (Å²) in [6.45, 7) is 0. The first-order chi connectivity index (χ1) is 12.8. The van der Waals surface area contributed by atoms with Crippen LogP contribution in [-0.4, -0.2) is 18.9 Å². The Labute approximate surface area is 165 Å². The number of ketones is 1. The molecular weight excluding hydrogens is 358 g/mol. The Morgan fingerprint density at radius 1 is 0.889 bits per heavy atom. The SMILES string of the molecule is CNC1Cc2ccccc2C1Oc1ccc(C(=O)c2ccccc2)cc1.Cl. The number of rotatable bonds is 5. The minimum Gasteiger partial charge on any atom is -0.484 e. The minimum atomic E-state index is -0.0214. The van der Waals surface area contributed by atoms with Crippen molar-refractivity contribution in [2.24, 2.45) is 0 Å². The third-order valence-electron chi connectivity index (χ3n) is 4.95. The third-order valence-corrected chi connectivity index (χ3v) is 4.95. The van der Waals surface area contributed by atoms with Crippen LogP contribution in [0.5, 0.6) is 5.75 Å². The van der Waals surface area contributed by atoms with Crippen molar-refractivity contribution in [3.8, 4) is 5.75 Å². The third kappa shape index (κ3) is 3.90. The highest BCUT2D eigenvalue weighted by molar-refractivity contribution is 6.08. The molecule has 0 aromatic heterocycles. The molecule has 1 aliphatic rings. The van der Waals surface area contributed by atoms with Crippen molar-refractivity contribution in [3.05, 3.63) is 101 Å². The van der Waals surface area contributed by atoms with E-state index in [1.165, 1.54) is 11.1 Å². The molecule has 2 unspecified atom stereocenters. The van der Waals surface area contributed by atoms with E-state index in [2.05, 4.69) is 29.6 Å². The lowest BCUT2D eigenvalue weighted by atomic mass is 10.0. The van der Waals surface area contributed by atoms with Crippen molar-refractivity contribution < 1.29 is 9.53 Å². The Hall–Kier alpha value is -2.62. The molecule has 0 heterocycles. The number of carbonyl (C=O) groups excluding carboxylic acids is 1. The van der Waals surface area contributed by atoms with Crippen LogP contribution in [0.3, 0.4) is 0 Å². The van der Waals surface area contributed by atoms with Gasteiger partial charge >= 0.3 is 0 Å². The molecule has 0 fully saturated rings. The summed E-state index contributed by atoms with van der Waals surface area (Å²) >= 11 is 0. The molecule has 1 N–H and O–H groups in total. The van der Waals surface area contributed by atoms with Gasteiger partial charge in [-0.15, -0.1) is 12.4 Å². The minimum absolute atomic E-state index is 0. The van der Waals surface area contributed by atoms with E-state index in [1.807, 2.05) is 61.6 Å². The number of halogens is 1. The van der Waals surface area contributed by atoms with Crippen LogP contribution in [0.15, 0.2) is 78.9 Å². The van der Waals surface area contributed by atoms with E-state index in [1.54, 1.807) is 0 Å². The average Bonchev–Trinajstić information content (AvgIpc) is 3.06. The number of nitrogens with one attached hydrogen (secondary N) is 1. The monoisotopic (exact) mass is 379 g/mol. The number of benzene rings is 3. The summed E-state index contributed by atoms with van der Waals surface area (Å²) in [4.78, 5) is 12.5. The maximum absolute atomic E-state index is 12.5. The Balaban J connectivity index is 0.00000210. The van der Waals surface area contributed by atoms with E-state index >= 15 is 0 Å². The second-order valence-electron chi connectivity index (χ2n) is 6.56. The predicted molar refractivity (Wildman–Crippen MR) is 110 cm³/mol. The van der Waals surface area contributed by atoms with Crippen molar-refractivity contribution in [2.45, 2.75) is 18.6 Å². The molecule has 2 atom stereocenters. The number of hydrogen-bond acceptors (Lipinski definition) is 3. The summed E-state index contributed by atoms with van der Waals surface area (Å²) in [5.74, 6) is 0.799. The summed E-state index contributed by atoms with van der Waals surface area (Å²) < 4.78 is 6.27. The van der Waals surface area contributed by atoms with Gasteiger partial charge in [-0.25, -0.2) is 0 Å². The van der Waals surface area contributed by atoms with Crippen LogP contribution in [0, 0.1) is 0 Å². The molecule has 0 bridgehead atoms. The van der Waals surface area contributed by atoms with Crippen LogP contribution in [0.2, 0.25) is 0 Å². The van der Waals surface area contributed by atoms with E-state index in [4.69, 9.17) is 4.74 Å². The maximum Gasteiger partial charge on any atom is 0.193 e. The predicted octanol–water partition coefficient (Wildman–Crippen LogP) is 4.60. The van der Waals surface area contributed by atoms with Crippen molar-refractivity contribution in [2.75, 3.05) is 7.05 Å². The first kappa shape index (κ1) is 19.2. The Morgan fingerprint density at radius 3 is 2.22 bits per heavy atom. The fourth-order valence-corrected chi connectivity index (χ4v) is 3.55. The molecular formula is C23H22ClNO2. The highest BCUT2D eigenvalue weighted by atomic mass is 35.5. The van der Waals surface area contributed by atoms with Gasteiger partial charge in [0.05, 0.1) is 6.04 Å². The fraction of sp³-hybridized carbons (Fsp3) is 0.174. The zero-order chi connectivity index (χ0) is 17.9. The fourth-order valence-electron chi connectivity index (χ4n) is 3.55. The number of ether oxygens (including phenoxy) is 1. The number of fused-ring (bicyclic) bond motifs is 1. The molecule has 0 spiro atoms. The van der Waals surface area contributed by atoms with Crippen molar-refractivity contribution >= 4 is 18.2 Å². The number of carbonyl (C=O) groups is 1. The smallest absolute Gasteiger partial charge is 0.193 e. The van der Waals surface area contributed by atoms with Gasteiger partial charge in [0.1, 0.15) is 11.9 Å². The van der Waals surface area contributed by atoms with E-state index in [0.717, 1.165) is 12.2 Å². The van der Waals surface area contributed by atoms with Gasteiger partial charge in [0.25, 0.3) is 0 Å². The maximum atomic E-state index is 12.5. The van der Waals surface area contributed by atoms with E-state index in [-0.39, 0.29) is 30.3 Å². The van der Waals surface area contributed by atoms with Gasteiger partial charge in [-0.05, 0) is 48.9 Å². The molecule has 0 saturated heterocycles. The zero-order valence-corrected chi connectivity index (χ0v) is 15.9. The quantitative estimate of drug-likeness (QED) is 0.658. The van der Waals surface area contributed by atoms with Gasteiger partial charge in [0.15, 0.2) is 5.78 Å². The van der Waals surface area contributed by atoms with Crippen molar-refractivity contribution in [1.29, 1.82) is 0 Å². The summed E-state index contributed by atoms with van der Waals surface area (Å²) in [5, 5.41) is 3.35. The molecule has 138 valence electrons. The van der Waals surface area contributed by atoms with Crippen LogP contribution in [0.25, 0.3) is 0 Å². The normalized spacial score (nSPS) is 17.7. The molecule has 27 heavy (non-hydrogen) atoms. The first-order valence-corrected chi connectivity index (χ1v) is 8.88. The molecule has 1 aliphatic carbocycles. The zero-order valence-electron chi connectivity index (χ0n) is 15.1. The summed E-state index contributed by atoms with van der Waals surface area (Å²) in [5.41, 5.74) is 3.92. The lowest BCUT2D eigenvalue weighted by molar-refractivity contribution is 0.103. The average molecular weight is 380 g/mol. The number of hydrogen-bond donors (Lipinski definition) is 1. The van der Waals surface area contributed by atoms with Crippen molar-refractivity contribution in [3.63, 3.8) is 0 Å². The second kappa shape index (κ2) is 8.38. The van der Waals surface area contributed by atoms with Crippen LogP contribution < -0.4 is 10.1 Å². The van der Waals surface area contributed by atoms with Gasteiger partial charge in [0, 0.05) is 11.1 Å². The highest BCUT2D eigenvalue weighted by Gasteiger charge is 2.32. The van der Waals surface area contributed by atoms with Crippen molar-refractivity contribution in [1.82, 2.24) is 5.32 Å². The van der Waals surface area contributed by atoms with Gasteiger partial charge < -0.3 is 10.1 Å². The van der Waals surface area contributed by atoms with Gasteiger partial charge in [-0.3, -0.25) is 4.79 Å². The van der Waals surface area contributed by atoms with E-state index in [0.29, 0.717) is 11.1 Å². The molecule has 4 heteroatoms. The number of likely N-dealkylation sites (N-methyl/N-ethyl adjacent to an activating group) is 1. The molecule has 4 rings (SSSR count). The van der Waals surface area contributed by atoms with Gasteiger partial charge in [-0.2, -0.15) is 0 Å². The molecule has 3 nitrogen and oxygen atoms in total. The molecule has 0 radical (unpaired) electrons. The standard InChI is InChI=1S/C23H21NO2.ClH/c1-24-21-15-18-9-5-6-10-20(18)23(21)26-19-13-11-17(12-14-19)22(25)16-7-3-2-4-8-16;/h2-14,21,23-24H,15H2,1H3;1H. The lowest BCUT2D eigenvalue weighted by Crippen LogP contribution is -2.32. The Bertz CT molecular complexity index is 909. The van der Waals surface area contributed by atoms with Crippen LogP contribution in [0.4, 0.5) is 0 Å². The summed E-state index contributed by atoms with van der Waals surface area (Å²) in [6.07, 6.45) is 0.939. The first-order valence-electron chi connectivity index (χ1n) is 8.88. The van der Waals surface area contributed by atoms with Crippen LogP contribution >= 0.6 is 12.4 Å². The van der Waals surface area contributed by atoms with E-state index < -0.39 is 0 Å². The van der Waals surface area contributed by atoms with Gasteiger partial charge in [-0.1, -0.05) is 54.6 Å². The molecule has 0 saturated carbocycles. The summed E-state index contributed by atoms with van der Waals surface area (Å²) in [6, 6.07) is 25.4. The van der Waals surface area contributed by atoms with Crippen LogP contribution in [0.1, 0.15) is 33.2 Å². The molecule has 0 aliphatic heterocycles. The molecule has 3 aromatic carbocycles. The second-order valence-corrected chi connectivity index (χ2v) is 6.56. The molecule has 3 aromatic rings. The van der Waals surface area contributed by atoms with Gasteiger partial charge in [0.2, 0.25) is 0 Å². The van der Waals surface area contributed by atoms with Crippen LogP contribution in [-0.2, 0) is 6.42 Å². The Kier molecular flexibility index (Phi) is 5.94. The lowest BCUT2D eigenvalue weighted by Gasteiger charge is -2.22. The highest BCUT2D eigenvalue weighted by Crippen LogP contribution is 2.35.